The number of anilines is 1. The summed E-state index contributed by atoms with van der Waals surface area (Å²) in [5.41, 5.74) is 0.447. The van der Waals surface area contributed by atoms with Crippen LogP contribution in [0.1, 0.15) is 30.6 Å². The van der Waals surface area contributed by atoms with Crippen molar-refractivity contribution in [2.24, 2.45) is 11.8 Å². The Hall–Kier alpha value is -2.68. The zero-order valence-electron chi connectivity index (χ0n) is 16.8. The fourth-order valence-corrected chi connectivity index (χ4v) is 4.04. The van der Waals surface area contributed by atoms with E-state index in [9.17, 15) is 19.7 Å². The molecule has 2 atom stereocenters. The molecule has 2 aliphatic heterocycles. The van der Waals surface area contributed by atoms with Crippen molar-refractivity contribution in [1.29, 1.82) is 0 Å². The van der Waals surface area contributed by atoms with Gasteiger partial charge in [0.25, 0.3) is 11.6 Å². The summed E-state index contributed by atoms with van der Waals surface area (Å²) in [5.74, 6) is -0.172. The van der Waals surface area contributed by atoms with Gasteiger partial charge >= 0.3 is 5.97 Å². The Kier molecular flexibility index (Phi) is 6.68. The summed E-state index contributed by atoms with van der Waals surface area (Å²) in [7, 11) is 0. The average Bonchev–Trinajstić information content (AvgIpc) is 2.71. The molecule has 3 rings (SSSR count). The Morgan fingerprint density at radius 1 is 1.21 bits per heavy atom. The van der Waals surface area contributed by atoms with Crippen molar-refractivity contribution in [2.75, 3.05) is 50.9 Å². The Bertz CT molecular complexity index is 767. The van der Waals surface area contributed by atoms with Gasteiger partial charge in [-0.15, -0.1) is 0 Å². The Morgan fingerprint density at radius 2 is 1.86 bits per heavy atom. The van der Waals surface area contributed by atoms with Crippen LogP contribution in [0, 0.1) is 22.0 Å². The van der Waals surface area contributed by atoms with Gasteiger partial charge in [-0.25, -0.2) is 4.79 Å². The van der Waals surface area contributed by atoms with Crippen LogP contribution in [0.25, 0.3) is 0 Å². The molecule has 0 radical (unpaired) electrons. The average molecular weight is 405 g/mol. The third-order valence-electron chi connectivity index (χ3n) is 5.31. The van der Waals surface area contributed by atoms with Crippen molar-refractivity contribution >= 4 is 23.3 Å². The lowest BCUT2D eigenvalue weighted by Gasteiger charge is -2.36. The Balaban J connectivity index is 1.69. The van der Waals surface area contributed by atoms with E-state index in [1.807, 2.05) is 4.90 Å². The third kappa shape index (κ3) is 5.23. The number of nitro groups is 1. The van der Waals surface area contributed by atoms with E-state index in [0.717, 1.165) is 19.5 Å². The van der Waals surface area contributed by atoms with E-state index in [-0.39, 0.29) is 17.2 Å². The molecule has 2 unspecified atom stereocenters. The van der Waals surface area contributed by atoms with Gasteiger partial charge in [0.1, 0.15) is 5.69 Å². The number of morpholine rings is 1. The zero-order valence-corrected chi connectivity index (χ0v) is 16.8. The minimum atomic E-state index is -0.748. The number of nitro benzene ring substituents is 1. The van der Waals surface area contributed by atoms with Crippen LogP contribution in [-0.4, -0.2) is 67.7 Å². The minimum absolute atomic E-state index is 0.0633. The molecule has 1 aromatic rings. The number of amides is 1. The number of piperidine rings is 1. The second kappa shape index (κ2) is 9.21. The molecule has 0 bridgehead atoms. The Labute approximate surface area is 169 Å². The maximum Gasteiger partial charge on any atom is 0.338 e. The largest absolute Gasteiger partial charge is 0.452 e. The lowest BCUT2D eigenvalue weighted by atomic mass is 9.91. The van der Waals surface area contributed by atoms with E-state index in [1.165, 1.54) is 12.1 Å². The summed E-state index contributed by atoms with van der Waals surface area (Å²) >= 11 is 0. The second-order valence-electron chi connectivity index (χ2n) is 7.88. The number of esters is 1. The molecule has 0 aliphatic carbocycles. The van der Waals surface area contributed by atoms with E-state index >= 15 is 0 Å². The first kappa shape index (κ1) is 21.0. The normalized spacial score (nSPS) is 22.3. The van der Waals surface area contributed by atoms with Gasteiger partial charge in [-0.1, -0.05) is 13.8 Å². The number of hydrogen-bond donors (Lipinski definition) is 0. The molecule has 2 fully saturated rings. The van der Waals surface area contributed by atoms with Crippen LogP contribution in [0.15, 0.2) is 18.2 Å². The highest BCUT2D eigenvalue weighted by molar-refractivity contribution is 5.93. The molecule has 9 heteroatoms. The standard InChI is InChI=1S/C20H27N3O6/c1-14-9-15(2)12-22(11-14)17-4-3-16(10-18(17)23(26)27)20(25)29-13-19(24)21-5-7-28-8-6-21/h3-4,10,14-15H,5-9,11-13H2,1-2H3. The van der Waals surface area contributed by atoms with Crippen LogP contribution < -0.4 is 4.90 Å². The van der Waals surface area contributed by atoms with Crippen LogP contribution in [0.5, 0.6) is 0 Å². The fraction of sp³-hybridized carbons (Fsp3) is 0.600. The smallest absolute Gasteiger partial charge is 0.338 e. The molecule has 0 N–H and O–H groups in total. The molecule has 0 spiro atoms. The van der Waals surface area contributed by atoms with E-state index in [1.54, 1.807) is 11.0 Å². The monoisotopic (exact) mass is 405 g/mol. The zero-order chi connectivity index (χ0) is 21.0. The van der Waals surface area contributed by atoms with Gasteiger partial charge in [-0.05, 0) is 30.4 Å². The maximum atomic E-state index is 12.3. The molecule has 9 nitrogen and oxygen atoms in total. The minimum Gasteiger partial charge on any atom is -0.452 e. The first-order chi connectivity index (χ1) is 13.8. The number of ether oxygens (including phenoxy) is 2. The van der Waals surface area contributed by atoms with Gasteiger partial charge < -0.3 is 19.3 Å². The van der Waals surface area contributed by atoms with Crippen LogP contribution in [0.2, 0.25) is 0 Å². The maximum absolute atomic E-state index is 12.3. The molecule has 2 aliphatic rings. The van der Waals surface area contributed by atoms with Crippen LogP contribution in [-0.2, 0) is 14.3 Å². The van der Waals surface area contributed by atoms with Gasteiger partial charge in [0.2, 0.25) is 0 Å². The number of benzene rings is 1. The summed E-state index contributed by atoms with van der Waals surface area (Å²) in [5, 5.41) is 11.6. The quantitative estimate of drug-likeness (QED) is 0.420. The number of carbonyl (C=O) groups excluding carboxylic acids is 2. The highest BCUT2D eigenvalue weighted by atomic mass is 16.6. The van der Waals surface area contributed by atoms with Gasteiger partial charge in [-0.3, -0.25) is 14.9 Å². The molecule has 2 saturated heterocycles. The van der Waals surface area contributed by atoms with Gasteiger partial charge in [-0.2, -0.15) is 0 Å². The summed E-state index contributed by atoms with van der Waals surface area (Å²) in [6.45, 7) is 7.19. The predicted molar refractivity (Wildman–Crippen MR) is 106 cm³/mol. The van der Waals surface area contributed by atoms with Crippen LogP contribution in [0.4, 0.5) is 11.4 Å². The van der Waals surface area contributed by atoms with E-state index in [4.69, 9.17) is 9.47 Å². The van der Waals surface area contributed by atoms with Gasteiger partial charge in [0.05, 0.1) is 23.7 Å². The van der Waals surface area contributed by atoms with Crippen molar-refractivity contribution in [2.45, 2.75) is 20.3 Å². The number of hydrogen-bond acceptors (Lipinski definition) is 7. The number of nitrogens with zero attached hydrogens (tertiary/aromatic N) is 3. The van der Waals surface area contributed by atoms with E-state index in [0.29, 0.717) is 43.8 Å². The summed E-state index contributed by atoms with van der Waals surface area (Å²) in [6, 6.07) is 4.36. The molecular formula is C20H27N3O6. The van der Waals surface area contributed by atoms with Crippen molar-refractivity contribution in [3.63, 3.8) is 0 Å². The fourth-order valence-electron chi connectivity index (χ4n) is 4.04. The summed E-state index contributed by atoms with van der Waals surface area (Å²) in [4.78, 5) is 39.2. The molecular weight excluding hydrogens is 378 g/mol. The highest BCUT2D eigenvalue weighted by Crippen LogP contribution is 2.34. The molecule has 1 aromatic carbocycles. The highest BCUT2D eigenvalue weighted by Gasteiger charge is 2.28. The van der Waals surface area contributed by atoms with Gasteiger partial charge in [0.15, 0.2) is 6.61 Å². The molecule has 1 amide bonds. The number of rotatable bonds is 5. The van der Waals surface area contributed by atoms with Crippen LogP contribution in [0.3, 0.4) is 0 Å². The van der Waals surface area contributed by atoms with Crippen molar-refractivity contribution in [1.82, 2.24) is 4.90 Å². The van der Waals surface area contributed by atoms with E-state index in [2.05, 4.69) is 13.8 Å². The Morgan fingerprint density at radius 3 is 2.48 bits per heavy atom. The molecule has 0 aromatic heterocycles. The first-order valence-corrected chi connectivity index (χ1v) is 9.91. The van der Waals surface area contributed by atoms with E-state index < -0.39 is 17.5 Å². The van der Waals surface area contributed by atoms with Crippen LogP contribution >= 0.6 is 0 Å². The second-order valence-corrected chi connectivity index (χ2v) is 7.88. The molecule has 0 saturated carbocycles. The molecule has 158 valence electrons. The first-order valence-electron chi connectivity index (χ1n) is 9.91. The SMILES string of the molecule is CC1CC(C)CN(c2ccc(C(=O)OCC(=O)N3CCOCC3)cc2[N+](=O)[O-])C1. The lowest BCUT2D eigenvalue weighted by Crippen LogP contribution is -2.42. The van der Waals surface area contributed by atoms with Crippen molar-refractivity contribution in [3.8, 4) is 0 Å². The third-order valence-corrected chi connectivity index (χ3v) is 5.31. The topological polar surface area (TPSA) is 102 Å². The number of carbonyl (C=O) groups is 2. The molecule has 29 heavy (non-hydrogen) atoms. The van der Waals surface area contributed by atoms with Crippen molar-refractivity contribution in [3.05, 3.63) is 33.9 Å². The summed E-state index contributed by atoms with van der Waals surface area (Å²) < 4.78 is 10.3. The van der Waals surface area contributed by atoms with Crippen molar-refractivity contribution < 1.29 is 24.0 Å². The summed E-state index contributed by atoms with van der Waals surface area (Å²) in [6.07, 6.45) is 1.09. The predicted octanol–water partition coefficient (Wildman–Crippen LogP) is 2.09. The lowest BCUT2D eigenvalue weighted by molar-refractivity contribution is -0.384. The van der Waals surface area contributed by atoms with Gasteiger partial charge in [0, 0.05) is 32.2 Å². The molecule has 2 heterocycles.